The minimum atomic E-state index is -0.0757. The van der Waals surface area contributed by atoms with E-state index in [1.807, 2.05) is 49.4 Å². The lowest BCUT2D eigenvalue weighted by molar-refractivity contribution is 0.271. The molecule has 3 aromatic carbocycles. The van der Waals surface area contributed by atoms with E-state index < -0.39 is 0 Å². The first-order chi connectivity index (χ1) is 13.4. The van der Waals surface area contributed by atoms with Crippen molar-refractivity contribution < 1.29 is 14.9 Å². The maximum Gasteiger partial charge on any atom is 0.144 e. The molecule has 0 fully saturated rings. The number of aliphatic hydroxyl groups excluding tert-OH is 1. The first-order valence-corrected chi connectivity index (χ1v) is 9.46. The fourth-order valence-electron chi connectivity index (χ4n) is 2.97. The summed E-state index contributed by atoms with van der Waals surface area (Å²) in [6, 6.07) is 16.8. The third kappa shape index (κ3) is 4.44. The van der Waals surface area contributed by atoms with Gasteiger partial charge in [-0.3, -0.25) is 0 Å². The van der Waals surface area contributed by atoms with Crippen molar-refractivity contribution in [1.82, 2.24) is 0 Å². The molecule has 5 heteroatoms. The Hall–Kier alpha value is -2.62. The van der Waals surface area contributed by atoms with Gasteiger partial charge in [0.15, 0.2) is 0 Å². The lowest BCUT2D eigenvalue weighted by atomic mass is 9.97. The van der Waals surface area contributed by atoms with E-state index >= 15 is 0 Å². The van der Waals surface area contributed by atoms with Gasteiger partial charge >= 0.3 is 0 Å². The summed E-state index contributed by atoms with van der Waals surface area (Å²) in [5.41, 5.74) is 4.18. The van der Waals surface area contributed by atoms with E-state index in [0.29, 0.717) is 22.2 Å². The Bertz CT molecular complexity index is 1010. The number of phenolic OH excluding ortho intramolecular Hbond substituents is 1. The van der Waals surface area contributed by atoms with E-state index in [1.165, 1.54) is 0 Å². The first kappa shape index (κ1) is 20.1. The SMILES string of the molecule is C=C(O)COc1cc(Cl)c(Cc2ccc(O)c(-c3ccccc3)c2)c(Cl)c1C. The van der Waals surface area contributed by atoms with E-state index in [2.05, 4.69) is 6.58 Å². The van der Waals surface area contributed by atoms with E-state index in [9.17, 15) is 10.2 Å². The smallest absolute Gasteiger partial charge is 0.144 e. The quantitative estimate of drug-likeness (QED) is 0.440. The molecule has 0 unspecified atom stereocenters. The monoisotopic (exact) mass is 414 g/mol. The number of rotatable bonds is 6. The molecule has 0 radical (unpaired) electrons. The molecule has 144 valence electrons. The number of phenols is 1. The fraction of sp³-hybridized carbons (Fsp3) is 0.130. The molecule has 3 nitrogen and oxygen atoms in total. The van der Waals surface area contributed by atoms with Gasteiger partial charge in [-0.25, -0.2) is 0 Å². The highest BCUT2D eigenvalue weighted by atomic mass is 35.5. The maximum atomic E-state index is 10.3. The molecule has 0 aromatic heterocycles. The topological polar surface area (TPSA) is 49.7 Å². The number of hydrogen-bond donors (Lipinski definition) is 2. The van der Waals surface area contributed by atoms with Gasteiger partial charge < -0.3 is 14.9 Å². The molecule has 0 spiro atoms. The number of hydrogen-bond acceptors (Lipinski definition) is 3. The molecule has 0 saturated heterocycles. The normalized spacial score (nSPS) is 10.7. The summed E-state index contributed by atoms with van der Waals surface area (Å²) in [6.07, 6.45) is 0.506. The Kier molecular flexibility index (Phi) is 6.18. The minimum Gasteiger partial charge on any atom is -0.509 e. The van der Waals surface area contributed by atoms with Crippen LogP contribution in [0.3, 0.4) is 0 Å². The van der Waals surface area contributed by atoms with Crippen LogP contribution in [0.1, 0.15) is 16.7 Å². The molecule has 0 saturated carbocycles. The van der Waals surface area contributed by atoms with Gasteiger partial charge in [-0.05, 0) is 41.8 Å². The highest BCUT2D eigenvalue weighted by Gasteiger charge is 2.16. The Labute approximate surface area is 174 Å². The Morgan fingerprint density at radius 1 is 1.07 bits per heavy atom. The molecule has 0 heterocycles. The minimum absolute atomic E-state index is 0.0226. The lowest BCUT2D eigenvalue weighted by Crippen LogP contribution is -2.03. The largest absolute Gasteiger partial charge is 0.509 e. The zero-order valence-corrected chi connectivity index (χ0v) is 16.9. The molecule has 0 bridgehead atoms. The average molecular weight is 415 g/mol. The summed E-state index contributed by atoms with van der Waals surface area (Å²) < 4.78 is 5.51. The van der Waals surface area contributed by atoms with Crippen molar-refractivity contribution in [3.05, 3.63) is 93.7 Å². The van der Waals surface area contributed by atoms with Crippen LogP contribution < -0.4 is 4.74 Å². The van der Waals surface area contributed by atoms with Crippen LogP contribution >= 0.6 is 23.2 Å². The Morgan fingerprint density at radius 3 is 2.46 bits per heavy atom. The Balaban J connectivity index is 1.94. The number of benzene rings is 3. The van der Waals surface area contributed by atoms with Gasteiger partial charge in [0, 0.05) is 22.6 Å². The summed E-state index contributed by atoms with van der Waals surface area (Å²) in [4.78, 5) is 0. The lowest BCUT2D eigenvalue weighted by Gasteiger charge is -2.16. The third-order valence-electron chi connectivity index (χ3n) is 4.43. The summed E-state index contributed by atoms with van der Waals surface area (Å²) in [5, 5.41) is 20.5. The van der Waals surface area contributed by atoms with E-state index in [1.54, 1.807) is 12.1 Å². The molecule has 2 N–H and O–H groups in total. The van der Waals surface area contributed by atoms with E-state index in [4.69, 9.17) is 27.9 Å². The van der Waals surface area contributed by atoms with Crippen LogP contribution in [0.4, 0.5) is 0 Å². The van der Waals surface area contributed by atoms with Gasteiger partial charge in [-0.1, -0.05) is 66.2 Å². The van der Waals surface area contributed by atoms with Crippen molar-refractivity contribution in [2.45, 2.75) is 13.3 Å². The van der Waals surface area contributed by atoms with Crippen molar-refractivity contribution >= 4 is 23.2 Å². The van der Waals surface area contributed by atoms with Crippen LogP contribution in [0.25, 0.3) is 11.1 Å². The van der Waals surface area contributed by atoms with Crippen LogP contribution in [0.5, 0.6) is 11.5 Å². The molecule has 3 rings (SSSR count). The zero-order chi connectivity index (χ0) is 20.3. The molecule has 0 atom stereocenters. The highest BCUT2D eigenvalue weighted by Crippen LogP contribution is 2.37. The summed E-state index contributed by atoms with van der Waals surface area (Å²) in [7, 11) is 0. The van der Waals surface area contributed by atoms with Crippen molar-refractivity contribution in [2.24, 2.45) is 0 Å². The third-order valence-corrected chi connectivity index (χ3v) is 5.28. The molecule has 0 amide bonds. The second kappa shape index (κ2) is 8.59. The van der Waals surface area contributed by atoms with Crippen molar-refractivity contribution in [2.75, 3.05) is 6.61 Å². The molecular weight excluding hydrogens is 395 g/mol. The van der Waals surface area contributed by atoms with Crippen molar-refractivity contribution in [3.8, 4) is 22.6 Å². The van der Waals surface area contributed by atoms with Gasteiger partial charge in [0.25, 0.3) is 0 Å². The predicted octanol–water partition coefficient (Wildman–Crippen LogP) is 6.72. The highest BCUT2D eigenvalue weighted by molar-refractivity contribution is 6.36. The van der Waals surface area contributed by atoms with E-state index in [-0.39, 0.29) is 18.1 Å². The zero-order valence-electron chi connectivity index (χ0n) is 15.4. The van der Waals surface area contributed by atoms with Crippen LogP contribution in [-0.4, -0.2) is 16.8 Å². The van der Waals surface area contributed by atoms with Gasteiger partial charge in [0.2, 0.25) is 0 Å². The maximum absolute atomic E-state index is 10.3. The fourth-order valence-corrected chi connectivity index (χ4v) is 3.54. The number of aliphatic hydroxyl groups is 1. The standard InChI is InChI=1S/C23H20Cl2O3/c1-14(26)13-28-22-12-20(24)19(23(25)15(22)2)11-16-8-9-21(27)18(10-16)17-6-4-3-5-7-17/h3-10,12,26-27H,1,11,13H2,2H3. The molecule has 3 aromatic rings. The van der Waals surface area contributed by atoms with Gasteiger partial charge in [-0.15, -0.1) is 0 Å². The van der Waals surface area contributed by atoms with E-state index in [0.717, 1.165) is 27.8 Å². The molecule has 0 aliphatic rings. The molecule has 0 aliphatic carbocycles. The second-order valence-electron chi connectivity index (χ2n) is 6.52. The summed E-state index contributed by atoms with van der Waals surface area (Å²) >= 11 is 13.0. The summed E-state index contributed by atoms with van der Waals surface area (Å²) in [5.74, 6) is 0.647. The Morgan fingerprint density at radius 2 is 1.79 bits per heavy atom. The second-order valence-corrected chi connectivity index (χ2v) is 7.31. The van der Waals surface area contributed by atoms with Gasteiger partial charge in [0.1, 0.15) is 23.9 Å². The van der Waals surface area contributed by atoms with Crippen molar-refractivity contribution in [1.29, 1.82) is 0 Å². The average Bonchev–Trinajstić information content (AvgIpc) is 2.68. The molecular formula is C23H20Cl2O3. The molecule has 28 heavy (non-hydrogen) atoms. The molecule has 0 aliphatic heterocycles. The van der Waals surface area contributed by atoms with Crippen LogP contribution in [0, 0.1) is 6.92 Å². The number of halogens is 2. The number of ether oxygens (including phenoxy) is 1. The predicted molar refractivity (Wildman–Crippen MR) is 115 cm³/mol. The summed E-state index contributed by atoms with van der Waals surface area (Å²) in [6.45, 7) is 5.22. The van der Waals surface area contributed by atoms with Crippen LogP contribution in [0.2, 0.25) is 10.0 Å². The van der Waals surface area contributed by atoms with Gasteiger partial charge in [0.05, 0.1) is 5.02 Å². The first-order valence-electron chi connectivity index (χ1n) is 8.71. The van der Waals surface area contributed by atoms with Crippen LogP contribution in [0.15, 0.2) is 66.9 Å². The van der Waals surface area contributed by atoms with Gasteiger partial charge in [-0.2, -0.15) is 0 Å². The van der Waals surface area contributed by atoms with Crippen molar-refractivity contribution in [3.63, 3.8) is 0 Å². The van der Waals surface area contributed by atoms with Crippen LogP contribution in [-0.2, 0) is 6.42 Å². The number of aromatic hydroxyl groups is 1.